The first kappa shape index (κ1) is 26.4. The van der Waals surface area contributed by atoms with Crippen LogP contribution in [0.1, 0.15) is 63.0 Å². The Bertz CT molecular complexity index is 953. The van der Waals surface area contributed by atoms with Crippen molar-refractivity contribution < 1.29 is 29.1 Å². The number of hydrogen-bond donors (Lipinski definition) is 1. The predicted octanol–water partition coefficient (Wildman–Crippen LogP) is 2.68. The molecule has 3 atom stereocenters. The summed E-state index contributed by atoms with van der Waals surface area (Å²) < 4.78 is 5.64. The molecule has 4 rings (SSSR count). The standard InChI is InChI=1S/C27H39N3O6/c1-3-11-30(36-14-4-2)25(32)18-29-17-21(19-7-8-23-20(16-19)10-15-35-23)26(27(33)34)22(29)9-13-28-12-5-6-24(28)31/h7-8,16,21-22,26H,3-6,9-15,17-18H2,1-2H3,(H,33,34)/t21-,22+,26-/m1/s1. The van der Waals surface area contributed by atoms with Gasteiger partial charge in [0.05, 0.1) is 25.7 Å². The number of carbonyl (C=O) groups excluding carboxylic acids is 2. The van der Waals surface area contributed by atoms with Crippen LogP contribution < -0.4 is 4.74 Å². The summed E-state index contributed by atoms with van der Waals surface area (Å²) in [5, 5.41) is 11.8. The van der Waals surface area contributed by atoms with Crippen LogP contribution in [-0.4, -0.2) is 89.7 Å². The summed E-state index contributed by atoms with van der Waals surface area (Å²) in [4.78, 5) is 47.7. The maximum absolute atomic E-state index is 13.3. The first-order chi connectivity index (χ1) is 17.4. The first-order valence-electron chi connectivity index (χ1n) is 13.4. The Hall–Kier alpha value is -2.65. The Kier molecular flexibility index (Phi) is 8.85. The van der Waals surface area contributed by atoms with Gasteiger partial charge in [-0.3, -0.25) is 24.1 Å². The van der Waals surface area contributed by atoms with Gasteiger partial charge in [0.2, 0.25) is 5.91 Å². The Morgan fingerprint density at radius 3 is 2.75 bits per heavy atom. The number of fused-ring (bicyclic) bond motifs is 1. The summed E-state index contributed by atoms with van der Waals surface area (Å²) in [5.41, 5.74) is 2.07. The van der Waals surface area contributed by atoms with Crippen molar-refractivity contribution in [2.45, 2.75) is 64.3 Å². The minimum Gasteiger partial charge on any atom is -0.493 e. The molecule has 2 amide bonds. The van der Waals surface area contributed by atoms with Crippen LogP contribution in [-0.2, 0) is 25.6 Å². The molecule has 2 fully saturated rings. The zero-order chi connectivity index (χ0) is 25.7. The van der Waals surface area contributed by atoms with Crippen molar-refractivity contribution in [1.82, 2.24) is 14.9 Å². The number of hydroxylamine groups is 2. The topological polar surface area (TPSA) is 99.6 Å². The molecule has 0 unspecified atom stereocenters. The summed E-state index contributed by atoms with van der Waals surface area (Å²) in [7, 11) is 0. The monoisotopic (exact) mass is 501 g/mol. The van der Waals surface area contributed by atoms with Crippen LogP contribution in [0.15, 0.2) is 18.2 Å². The fourth-order valence-electron chi connectivity index (χ4n) is 5.77. The third-order valence-electron chi connectivity index (χ3n) is 7.54. The largest absolute Gasteiger partial charge is 0.493 e. The van der Waals surface area contributed by atoms with E-state index in [4.69, 9.17) is 9.57 Å². The molecular weight excluding hydrogens is 462 g/mol. The molecule has 9 heteroatoms. The number of benzene rings is 1. The highest BCUT2D eigenvalue weighted by atomic mass is 16.7. The molecule has 0 bridgehead atoms. The van der Waals surface area contributed by atoms with E-state index in [0.717, 1.165) is 42.6 Å². The van der Waals surface area contributed by atoms with Crippen molar-refractivity contribution in [2.75, 3.05) is 45.9 Å². The maximum atomic E-state index is 13.3. The summed E-state index contributed by atoms with van der Waals surface area (Å²) in [6.07, 6.45) is 4.30. The van der Waals surface area contributed by atoms with Crippen LogP contribution in [0.5, 0.6) is 5.75 Å². The van der Waals surface area contributed by atoms with E-state index in [1.807, 2.05) is 35.8 Å². The molecule has 0 aromatic heterocycles. The Labute approximate surface area is 213 Å². The van der Waals surface area contributed by atoms with E-state index in [9.17, 15) is 19.5 Å². The van der Waals surface area contributed by atoms with Gasteiger partial charge in [-0.05, 0) is 42.9 Å². The minimum absolute atomic E-state index is 0.0939. The average Bonchev–Trinajstić information content (AvgIpc) is 3.58. The van der Waals surface area contributed by atoms with Gasteiger partial charge >= 0.3 is 5.97 Å². The van der Waals surface area contributed by atoms with E-state index in [2.05, 4.69) is 6.07 Å². The number of carboxylic acids is 1. The van der Waals surface area contributed by atoms with Crippen molar-refractivity contribution >= 4 is 17.8 Å². The Morgan fingerprint density at radius 2 is 2.06 bits per heavy atom. The van der Waals surface area contributed by atoms with Crippen LogP contribution in [0.2, 0.25) is 0 Å². The van der Waals surface area contributed by atoms with Crippen LogP contribution in [0.25, 0.3) is 0 Å². The third kappa shape index (κ3) is 5.83. The number of hydrogen-bond acceptors (Lipinski definition) is 6. The molecule has 0 saturated carbocycles. The highest BCUT2D eigenvalue weighted by Crippen LogP contribution is 2.41. The molecule has 3 heterocycles. The summed E-state index contributed by atoms with van der Waals surface area (Å²) >= 11 is 0. The lowest BCUT2D eigenvalue weighted by Gasteiger charge is -2.30. The highest BCUT2D eigenvalue weighted by Gasteiger charge is 2.47. The van der Waals surface area contributed by atoms with Crippen molar-refractivity contribution in [1.29, 1.82) is 0 Å². The molecule has 1 aromatic rings. The van der Waals surface area contributed by atoms with Crippen LogP contribution in [0, 0.1) is 5.92 Å². The van der Waals surface area contributed by atoms with Crippen LogP contribution in [0.3, 0.4) is 0 Å². The second-order valence-electron chi connectivity index (χ2n) is 10.0. The van der Waals surface area contributed by atoms with Crippen molar-refractivity contribution in [3.8, 4) is 5.75 Å². The molecule has 36 heavy (non-hydrogen) atoms. The van der Waals surface area contributed by atoms with Gasteiger partial charge in [0.1, 0.15) is 5.75 Å². The Balaban J connectivity index is 1.57. The van der Waals surface area contributed by atoms with Gasteiger partial charge in [-0.15, -0.1) is 0 Å². The molecule has 198 valence electrons. The van der Waals surface area contributed by atoms with E-state index < -0.39 is 11.9 Å². The van der Waals surface area contributed by atoms with Crippen LogP contribution in [0.4, 0.5) is 0 Å². The van der Waals surface area contributed by atoms with Crippen molar-refractivity contribution in [3.05, 3.63) is 29.3 Å². The first-order valence-corrected chi connectivity index (χ1v) is 13.4. The molecule has 0 radical (unpaired) electrons. The van der Waals surface area contributed by atoms with Gasteiger partial charge < -0.3 is 14.7 Å². The number of aliphatic carboxylic acids is 1. The van der Waals surface area contributed by atoms with Gasteiger partial charge in [-0.25, -0.2) is 5.06 Å². The molecule has 1 N–H and O–H groups in total. The number of carbonyl (C=O) groups is 3. The zero-order valence-electron chi connectivity index (χ0n) is 21.5. The smallest absolute Gasteiger partial charge is 0.308 e. The number of amides is 2. The molecular formula is C27H39N3O6. The van der Waals surface area contributed by atoms with Gasteiger partial charge in [-0.2, -0.15) is 0 Å². The second kappa shape index (κ2) is 12.1. The Morgan fingerprint density at radius 1 is 1.22 bits per heavy atom. The number of rotatable bonds is 12. The number of nitrogens with zero attached hydrogens (tertiary/aromatic N) is 3. The lowest BCUT2D eigenvalue weighted by atomic mass is 9.83. The van der Waals surface area contributed by atoms with Crippen molar-refractivity contribution in [2.24, 2.45) is 5.92 Å². The molecule has 9 nitrogen and oxygen atoms in total. The summed E-state index contributed by atoms with van der Waals surface area (Å²) in [6, 6.07) is 5.61. The highest BCUT2D eigenvalue weighted by molar-refractivity contribution is 5.79. The third-order valence-corrected chi connectivity index (χ3v) is 7.54. The van der Waals surface area contributed by atoms with E-state index in [1.54, 1.807) is 0 Å². The van der Waals surface area contributed by atoms with Gasteiger partial charge in [-0.1, -0.05) is 26.0 Å². The average molecular weight is 502 g/mol. The normalized spacial score (nSPS) is 23.7. The summed E-state index contributed by atoms with van der Waals surface area (Å²) in [6.45, 7) is 7.37. The number of ether oxygens (including phenoxy) is 1. The quantitative estimate of drug-likeness (QED) is 0.440. The fraction of sp³-hybridized carbons (Fsp3) is 0.667. The van der Waals surface area contributed by atoms with Crippen LogP contribution >= 0.6 is 0 Å². The van der Waals surface area contributed by atoms with E-state index >= 15 is 0 Å². The molecule has 0 aliphatic carbocycles. The number of carboxylic acid groups (broad SMARTS) is 1. The van der Waals surface area contributed by atoms with Gasteiger partial charge in [0.25, 0.3) is 5.91 Å². The number of likely N-dealkylation sites (tertiary alicyclic amines) is 2. The lowest BCUT2D eigenvalue weighted by Crippen LogP contribution is -2.45. The SMILES string of the molecule is CCCON(CCC)C(=O)CN1C[C@H](c2ccc3c(c2)CCO3)[C@@H](C(=O)O)[C@@H]1CCN1CCCC1=O. The summed E-state index contributed by atoms with van der Waals surface area (Å²) in [5.74, 6) is -0.955. The molecule has 3 aliphatic rings. The second-order valence-corrected chi connectivity index (χ2v) is 10.0. The van der Waals surface area contributed by atoms with E-state index in [-0.39, 0.29) is 30.3 Å². The van der Waals surface area contributed by atoms with E-state index in [0.29, 0.717) is 52.2 Å². The van der Waals surface area contributed by atoms with Gasteiger partial charge in [0.15, 0.2) is 0 Å². The zero-order valence-corrected chi connectivity index (χ0v) is 21.5. The predicted molar refractivity (Wildman–Crippen MR) is 134 cm³/mol. The van der Waals surface area contributed by atoms with Crippen molar-refractivity contribution in [3.63, 3.8) is 0 Å². The molecule has 1 aromatic carbocycles. The minimum atomic E-state index is -0.864. The lowest BCUT2D eigenvalue weighted by molar-refractivity contribution is -0.188. The molecule has 0 spiro atoms. The van der Waals surface area contributed by atoms with Gasteiger partial charge in [0, 0.05) is 51.0 Å². The van der Waals surface area contributed by atoms with E-state index in [1.165, 1.54) is 5.06 Å². The molecule has 3 aliphatic heterocycles. The molecule has 2 saturated heterocycles. The maximum Gasteiger partial charge on any atom is 0.308 e. The fourth-order valence-corrected chi connectivity index (χ4v) is 5.77.